The predicted molar refractivity (Wildman–Crippen MR) is 148 cm³/mol. The monoisotopic (exact) mass is 502 g/mol. The summed E-state index contributed by atoms with van der Waals surface area (Å²) in [4.78, 5) is 35.1. The molecule has 0 aromatic heterocycles. The van der Waals surface area contributed by atoms with E-state index in [1.807, 2.05) is 45.0 Å². The number of benzene rings is 2. The van der Waals surface area contributed by atoms with Gasteiger partial charge in [0.2, 0.25) is 5.91 Å². The molecule has 5 rings (SSSR count). The highest BCUT2D eigenvalue weighted by Crippen LogP contribution is 2.39. The zero-order valence-corrected chi connectivity index (χ0v) is 22.2. The molecule has 0 spiro atoms. The maximum Gasteiger partial charge on any atom is 0.278 e. The van der Waals surface area contributed by atoms with E-state index >= 15 is 0 Å². The number of morpholine rings is 1. The lowest BCUT2D eigenvalue weighted by Gasteiger charge is -2.36. The Labute approximate surface area is 219 Å². The van der Waals surface area contributed by atoms with Gasteiger partial charge in [-0.15, -0.1) is 0 Å². The number of hydrogen-bond acceptors (Lipinski definition) is 4. The van der Waals surface area contributed by atoms with Crippen LogP contribution in [-0.2, 0) is 16.0 Å². The molecule has 2 amide bonds. The molecule has 1 saturated carbocycles. The number of amides is 2. The Morgan fingerprint density at radius 1 is 1.00 bits per heavy atom. The van der Waals surface area contributed by atoms with Crippen LogP contribution in [0.15, 0.2) is 47.5 Å². The summed E-state index contributed by atoms with van der Waals surface area (Å²) in [6.07, 6.45) is 4.13. The van der Waals surface area contributed by atoms with Gasteiger partial charge >= 0.3 is 0 Å². The van der Waals surface area contributed by atoms with E-state index in [2.05, 4.69) is 38.3 Å². The molecule has 2 aliphatic heterocycles. The predicted octanol–water partition coefficient (Wildman–Crippen LogP) is 4.52. The molecule has 7 nitrogen and oxygen atoms in total. The Balaban J connectivity index is 1.42. The minimum Gasteiger partial charge on any atom is -0.378 e. The van der Waals surface area contributed by atoms with Crippen molar-refractivity contribution in [1.29, 1.82) is 0 Å². The molecule has 37 heavy (non-hydrogen) atoms. The van der Waals surface area contributed by atoms with Crippen molar-refractivity contribution in [2.75, 3.05) is 36.1 Å². The van der Waals surface area contributed by atoms with Crippen molar-refractivity contribution in [3.05, 3.63) is 59.2 Å². The van der Waals surface area contributed by atoms with Gasteiger partial charge in [-0.1, -0.05) is 23.8 Å². The minimum absolute atomic E-state index is 0.0509. The molecule has 7 heteroatoms. The molecule has 0 atom stereocenters. The molecule has 2 heterocycles. The zero-order valence-electron chi connectivity index (χ0n) is 22.2. The van der Waals surface area contributed by atoms with Gasteiger partial charge in [0.15, 0.2) is 0 Å². The van der Waals surface area contributed by atoms with Crippen LogP contribution < -0.4 is 15.1 Å². The lowest BCUT2D eigenvalue weighted by Crippen LogP contribution is -2.44. The molecule has 2 aromatic rings. The molecule has 196 valence electrons. The van der Waals surface area contributed by atoms with Crippen molar-refractivity contribution in [3.63, 3.8) is 0 Å². The molecular formula is C30H38N4O3. The number of hydrogen-bond donors (Lipinski definition) is 1. The summed E-state index contributed by atoms with van der Waals surface area (Å²) in [6, 6.07) is 14.6. The first-order valence-corrected chi connectivity index (χ1v) is 13.6. The van der Waals surface area contributed by atoms with Gasteiger partial charge in [0.25, 0.3) is 5.91 Å². The van der Waals surface area contributed by atoms with Crippen LogP contribution in [0.5, 0.6) is 0 Å². The maximum absolute atomic E-state index is 13.2. The van der Waals surface area contributed by atoms with E-state index in [-0.39, 0.29) is 29.8 Å². The lowest BCUT2D eigenvalue weighted by atomic mass is 9.84. The van der Waals surface area contributed by atoms with Crippen molar-refractivity contribution >= 4 is 29.0 Å². The SMILES string of the molecule is Cc1ccc(C(=O)N=C2Cc3ccc(N4CCOCC4)cc3N2C2CCC(C(=O)NC(C)C)CC2)cc1. The van der Waals surface area contributed by atoms with Crippen molar-refractivity contribution in [1.82, 2.24) is 5.32 Å². The fourth-order valence-electron chi connectivity index (χ4n) is 5.72. The minimum atomic E-state index is -0.203. The number of aliphatic imine (C=N–C) groups is 1. The lowest BCUT2D eigenvalue weighted by molar-refractivity contribution is -0.126. The molecule has 0 unspecified atom stereocenters. The number of anilines is 2. The van der Waals surface area contributed by atoms with Gasteiger partial charge in [-0.25, -0.2) is 0 Å². The molecule has 1 saturated heterocycles. The number of rotatable bonds is 5. The second kappa shape index (κ2) is 11.1. The first kappa shape index (κ1) is 25.5. The number of ether oxygens (including phenoxy) is 1. The summed E-state index contributed by atoms with van der Waals surface area (Å²) in [5.41, 5.74) is 5.26. The van der Waals surface area contributed by atoms with E-state index in [9.17, 15) is 9.59 Å². The largest absolute Gasteiger partial charge is 0.378 e. The van der Waals surface area contributed by atoms with E-state index in [0.717, 1.165) is 69.1 Å². The zero-order chi connectivity index (χ0) is 25.9. The smallest absolute Gasteiger partial charge is 0.278 e. The molecule has 2 aromatic carbocycles. The fraction of sp³-hybridized carbons (Fsp3) is 0.500. The van der Waals surface area contributed by atoms with Gasteiger partial charge in [0, 0.05) is 54.5 Å². The summed E-state index contributed by atoms with van der Waals surface area (Å²) >= 11 is 0. The summed E-state index contributed by atoms with van der Waals surface area (Å²) in [6.45, 7) is 9.25. The Bertz CT molecular complexity index is 1160. The molecular weight excluding hydrogens is 464 g/mol. The Morgan fingerprint density at radius 2 is 1.70 bits per heavy atom. The number of nitrogens with zero attached hydrogens (tertiary/aromatic N) is 3. The van der Waals surface area contributed by atoms with Crippen molar-refractivity contribution in [3.8, 4) is 0 Å². The number of carbonyl (C=O) groups excluding carboxylic acids is 2. The van der Waals surface area contributed by atoms with Crippen molar-refractivity contribution in [2.24, 2.45) is 10.9 Å². The van der Waals surface area contributed by atoms with Crippen molar-refractivity contribution in [2.45, 2.75) is 65.0 Å². The number of amidine groups is 1. The van der Waals surface area contributed by atoms with Gasteiger partial charge in [0.1, 0.15) is 5.84 Å². The molecule has 0 radical (unpaired) electrons. The standard InChI is InChI=1S/C30H38N4O3/c1-20(2)31-29(35)23-8-11-25(12-9-23)34-27-19-26(33-14-16-37-17-15-33)13-10-24(27)18-28(34)32-30(36)22-6-4-21(3)5-7-22/h4-7,10,13,19-20,23,25H,8-9,11-12,14-18H2,1-3H3,(H,31,35). The Morgan fingerprint density at radius 3 is 2.38 bits per heavy atom. The maximum atomic E-state index is 13.2. The van der Waals surface area contributed by atoms with Gasteiger partial charge < -0.3 is 19.9 Å². The van der Waals surface area contributed by atoms with E-state index in [4.69, 9.17) is 4.74 Å². The van der Waals surface area contributed by atoms with Gasteiger partial charge in [-0.2, -0.15) is 4.99 Å². The molecule has 3 aliphatic rings. The van der Waals surface area contributed by atoms with E-state index in [1.54, 1.807) is 0 Å². The fourth-order valence-corrected chi connectivity index (χ4v) is 5.72. The van der Waals surface area contributed by atoms with E-state index < -0.39 is 0 Å². The van der Waals surface area contributed by atoms with Crippen LogP contribution in [0.1, 0.15) is 61.0 Å². The topological polar surface area (TPSA) is 74.2 Å². The summed E-state index contributed by atoms with van der Waals surface area (Å²) in [5, 5.41) is 3.08. The average Bonchev–Trinajstić information content (AvgIpc) is 3.26. The third-order valence-electron chi connectivity index (χ3n) is 7.72. The van der Waals surface area contributed by atoms with Crippen molar-refractivity contribution < 1.29 is 14.3 Å². The highest BCUT2D eigenvalue weighted by atomic mass is 16.5. The Hall–Kier alpha value is -3.19. The number of aryl methyl sites for hydroxylation is 1. The number of carbonyl (C=O) groups is 2. The molecule has 1 aliphatic carbocycles. The second-order valence-electron chi connectivity index (χ2n) is 10.8. The highest BCUT2D eigenvalue weighted by molar-refractivity contribution is 6.13. The normalized spacial score (nSPS) is 22.9. The second-order valence-corrected chi connectivity index (χ2v) is 10.8. The molecule has 0 bridgehead atoms. The molecule has 1 N–H and O–H groups in total. The summed E-state index contributed by atoms with van der Waals surface area (Å²) in [7, 11) is 0. The van der Waals surface area contributed by atoms with Gasteiger partial charge in [0.05, 0.1) is 13.2 Å². The van der Waals surface area contributed by atoms with Crippen LogP contribution in [0.2, 0.25) is 0 Å². The summed E-state index contributed by atoms with van der Waals surface area (Å²) < 4.78 is 5.55. The van der Waals surface area contributed by atoms with E-state index in [1.165, 1.54) is 11.3 Å². The third-order valence-corrected chi connectivity index (χ3v) is 7.72. The number of nitrogens with one attached hydrogen (secondary N) is 1. The Kier molecular flexibility index (Phi) is 7.60. The first-order chi connectivity index (χ1) is 17.9. The molecule has 2 fully saturated rings. The van der Waals surface area contributed by atoms with E-state index in [0.29, 0.717) is 12.0 Å². The van der Waals surface area contributed by atoms with Gasteiger partial charge in [-0.3, -0.25) is 9.59 Å². The van der Waals surface area contributed by atoms with Crippen LogP contribution in [0, 0.1) is 12.8 Å². The summed E-state index contributed by atoms with van der Waals surface area (Å²) in [5.74, 6) is 0.823. The van der Waals surface area contributed by atoms with Crippen LogP contribution in [0.3, 0.4) is 0 Å². The quantitative estimate of drug-likeness (QED) is 0.651. The average molecular weight is 503 g/mol. The van der Waals surface area contributed by atoms with Gasteiger partial charge in [-0.05, 0) is 76.3 Å². The van der Waals surface area contributed by atoms with Crippen LogP contribution >= 0.6 is 0 Å². The first-order valence-electron chi connectivity index (χ1n) is 13.6. The van der Waals surface area contributed by atoms with Crippen LogP contribution in [0.25, 0.3) is 0 Å². The number of fused-ring (bicyclic) bond motifs is 1. The highest BCUT2D eigenvalue weighted by Gasteiger charge is 2.36. The van der Waals surface area contributed by atoms with Crippen LogP contribution in [0.4, 0.5) is 11.4 Å². The third kappa shape index (κ3) is 5.72. The van der Waals surface area contributed by atoms with Crippen LogP contribution in [-0.4, -0.2) is 56.0 Å².